The molecule has 0 atom stereocenters. The first-order valence-electron chi connectivity index (χ1n) is 6.58. The number of hydrogen-bond acceptors (Lipinski definition) is 1. The van der Waals surface area contributed by atoms with E-state index in [4.69, 9.17) is 0 Å². The SMILES string of the molecule is C=CC(=O)NCc1cccc2cc3ccccc3cc12. The fourth-order valence-electron chi connectivity index (χ4n) is 2.44. The Morgan fingerprint density at radius 3 is 2.45 bits per heavy atom. The van der Waals surface area contributed by atoms with Crippen molar-refractivity contribution in [3.05, 3.63) is 72.8 Å². The lowest BCUT2D eigenvalue weighted by molar-refractivity contribution is -0.116. The number of rotatable bonds is 3. The number of nitrogens with one attached hydrogen (secondary N) is 1. The smallest absolute Gasteiger partial charge is 0.243 e. The molecule has 0 heterocycles. The summed E-state index contributed by atoms with van der Waals surface area (Å²) < 4.78 is 0. The van der Waals surface area contributed by atoms with E-state index in [9.17, 15) is 4.79 Å². The van der Waals surface area contributed by atoms with Crippen LogP contribution in [0.5, 0.6) is 0 Å². The molecule has 3 rings (SSSR count). The Labute approximate surface area is 117 Å². The largest absolute Gasteiger partial charge is 0.348 e. The molecule has 0 saturated heterocycles. The number of benzene rings is 3. The third-order valence-electron chi connectivity index (χ3n) is 3.48. The summed E-state index contributed by atoms with van der Waals surface area (Å²) in [6.45, 7) is 3.98. The van der Waals surface area contributed by atoms with Gasteiger partial charge in [0.1, 0.15) is 0 Å². The molecule has 0 saturated carbocycles. The lowest BCUT2D eigenvalue weighted by Crippen LogP contribution is -2.20. The van der Waals surface area contributed by atoms with Gasteiger partial charge in [0.15, 0.2) is 0 Å². The average Bonchev–Trinajstić information content (AvgIpc) is 2.50. The molecule has 0 fully saturated rings. The molecule has 2 heteroatoms. The van der Waals surface area contributed by atoms with Crippen LogP contribution in [0.2, 0.25) is 0 Å². The van der Waals surface area contributed by atoms with Crippen molar-refractivity contribution in [2.24, 2.45) is 0 Å². The van der Waals surface area contributed by atoms with Crippen LogP contribution in [-0.2, 0) is 11.3 Å². The summed E-state index contributed by atoms with van der Waals surface area (Å²) in [7, 11) is 0. The molecule has 0 aliphatic rings. The van der Waals surface area contributed by atoms with E-state index in [0.29, 0.717) is 6.54 Å². The highest BCUT2D eigenvalue weighted by Gasteiger charge is 2.04. The van der Waals surface area contributed by atoms with Gasteiger partial charge in [-0.3, -0.25) is 4.79 Å². The van der Waals surface area contributed by atoms with Crippen LogP contribution in [0.25, 0.3) is 21.5 Å². The van der Waals surface area contributed by atoms with E-state index in [1.165, 1.54) is 27.6 Å². The summed E-state index contributed by atoms with van der Waals surface area (Å²) in [6, 6.07) is 18.8. The predicted octanol–water partition coefficient (Wildman–Crippen LogP) is 3.80. The van der Waals surface area contributed by atoms with Crippen molar-refractivity contribution in [3.63, 3.8) is 0 Å². The minimum atomic E-state index is -0.150. The van der Waals surface area contributed by atoms with Gasteiger partial charge < -0.3 is 5.32 Å². The van der Waals surface area contributed by atoms with Crippen molar-refractivity contribution >= 4 is 27.5 Å². The first kappa shape index (κ1) is 12.4. The summed E-state index contributed by atoms with van der Waals surface area (Å²) in [5.74, 6) is -0.150. The monoisotopic (exact) mass is 261 g/mol. The number of fused-ring (bicyclic) bond motifs is 2. The molecule has 0 unspecified atom stereocenters. The van der Waals surface area contributed by atoms with Crippen molar-refractivity contribution in [2.45, 2.75) is 6.54 Å². The average molecular weight is 261 g/mol. The van der Waals surface area contributed by atoms with Gasteiger partial charge >= 0.3 is 0 Å². The van der Waals surface area contributed by atoms with Gasteiger partial charge in [0.2, 0.25) is 5.91 Å². The minimum absolute atomic E-state index is 0.150. The number of hydrogen-bond donors (Lipinski definition) is 1. The lowest BCUT2D eigenvalue weighted by Gasteiger charge is -2.09. The standard InChI is InChI=1S/C18H15NO/c1-2-18(20)19-12-16-9-5-8-15-10-13-6-3-4-7-14(13)11-17(15)16/h2-11H,1,12H2,(H,19,20). The van der Waals surface area contributed by atoms with E-state index in [0.717, 1.165) is 5.56 Å². The van der Waals surface area contributed by atoms with E-state index in [1.807, 2.05) is 24.3 Å². The molecule has 20 heavy (non-hydrogen) atoms. The van der Waals surface area contributed by atoms with Gasteiger partial charge in [-0.15, -0.1) is 0 Å². The van der Waals surface area contributed by atoms with Gasteiger partial charge in [0.05, 0.1) is 0 Å². The molecule has 0 radical (unpaired) electrons. The Morgan fingerprint density at radius 1 is 1.00 bits per heavy atom. The maximum atomic E-state index is 11.3. The Morgan fingerprint density at radius 2 is 1.70 bits per heavy atom. The molecule has 3 aromatic carbocycles. The molecule has 2 nitrogen and oxygen atoms in total. The van der Waals surface area contributed by atoms with Gasteiger partial charge in [-0.05, 0) is 45.3 Å². The van der Waals surface area contributed by atoms with E-state index in [2.05, 4.69) is 42.2 Å². The van der Waals surface area contributed by atoms with E-state index in [1.54, 1.807) is 0 Å². The molecule has 3 aromatic rings. The molecule has 0 spiro atoms. The number of carbonyl (C=O) groups is 1. The minimum Gasteiger partial charge on any atom is -0.348 e. The zero-order chi connectivity index (χ0) is 13.9. The highest BCUT2D eigenvalue weighted by atomic mass is 16.1. The topological polar surface area (TPSA) is 29.1 Å². The van der Waals surface area contributed by atoms with Crippen LogP contribution in [0, 0.1) is 0 Å². The molecule has 0 aliphatic carbocycles. The van der Waals surface area contributed by atoms with Crippen LogP contribution in [-0.4, -0.2) is 5.91 Å². The predicted molar refractivity (Wildman–Crippen MR) is 83.5 cm³/mol. The highest BCUT2D eigenvalue weighted by Crippen LogP contribution is 2.25. The molecular weight excluding hydrogens is 246 g/mol. The van der Waals surface area contributed by atoms with Crippen molar-refractivity contribution in [1.82, 2.24) is 5.32 Å². The Balaban J connectivity index is 2.10. The maximum absolute atomic E-state index is 11.3. The van der Waals surface area contributed by atoms with Gasteiger partial charge in [-0.1, -0.05) is 49.0 Å². The molecule has 1 N–H and O–H groups in total. The fourth-order valence-corrected chi connectivity index (χ4v) is 2.44. The third-order valence-corrected chi connectivity index (χ3v) is 3.48. The van der Waals surface area contributed by atoms with Gasteiger partial charge in [-0.25, -0.2) is 0 Å². The van der Waals surface area contributed by atoms with Crippen molar-refractivity contribution in [1.29, 1.82) is 0 Å². The lowest BCUT2D eigenvalue weighted by atomic mass is 10.00. The normalized spacial score (nSPS) is 10.6. The first-order chi connectivity index (χ1) is 9.78. The first-order valence-corrected chi connectivity index (χ1v) is 6.58. The third kappa shape index (κ3) is 2.28. The second-order valence-corrected chi connectivity index (χ2v) is 4.76. The number of carbonyl (C=O) groups excluding carboxylic acids is 1. The zero-order valence-electron chi connectivity index (χ0n) is 11.1. The van der Waals surface area contributed by atoms with Crippen LogP contribution in [0.1, 0.15) is 5.56 Å². The van der Waals surface area contributed by atoms with E-state index in [-0.39, 0.29) is 5.91 Å². The Kier molecular flexibility index (Phi) is 3.21. The zero-order valence-corrected chi connectivity index (χ0v) is 11.1. The van der Waals surface area contributed by atoms with Gasteiger partial charge in [0, 0.05) is 6.54 Å². The summed E-state index contributed by atoms with van der Waals surface area (Å²) in [5, 5.41) is 7.64. The van der Waals surface area contributed by atoms with Crippen LogP contribution in [0.3, 0.4) is 0 Å². The molecule has 1 amide bonds. The summed E-state index contributed by atoms with van der Waals surface area (Å²) >= 11 is 0. The fraction of sp³-hybridized carbons (Fsp3) is 0.0556. The molecule has 98 valence electrons. The molecular formula is C18H15NO. The van der Waals surface area contributed by atoms with Crippen LogP contribution >= 0.6 is 0 Å². The Hall–Kier alpha value is -2.61. The second-order valence-electron chi connectivity index (χ2n) is 4.76. The molecule has 0 aromatic heterocycles. The van der Waals surface area contributed by atoms with Crippen molar-refractivity contribution in [2.75, 3.05) is 0 Å². The van der Waals surface area contributed by atoms with Crippen molar-refractivity contribution in [3.8, 4) is 0 Å². The second kappa shape index (κ2) is 5.17. The van der Waals surface area contributed by atoms with Crippen LogP contribution in [0.15, 0.2) is 67.3 Å². The van der Waals surface area contributed by atoms with E-state index < -0.39 is 0 Å². The summed E-state index contributed by atoms with van der Waals surface area (Å²) in [4.78, 5) is 11.3. The maximum Gasteiger partial charge on any atom is 0.243 e. The van der Waals surface area contributed by atoms with Gasteiger partial charge in [0.25, 0.3) is 0 Å². The number of amides is 1. The van der Waals surface area contributed by atoms with Crippen LogP contribution < -0.4 is 5.32 Å². The molecule has 0 aliphatic heterocycles. The molecule has 0 bridgehead atoms. The van der Waals surface area contributed by atoms with Crippen LogP contribution in [0.4, 0.5) is 0 Å². The highest BCUT2D eigenvalue weighted by molar-refractivity contribution is 5.99. The summed E-state index contributed by atoms with van der Waals surface area (Å²) in [5.41, 5.74) is 1.11. The van der Waals surface area contributed by atoms with Gasteiger partial charge in [-0.2, -0.15) is 0 Å². The van der Waals surface area contributed by atoms with Crippen molar-refractivity contribution < 1.29 is 4.79 Å². The Bertz CT molecular complexity index is 805. The van der Waals surface area contributed by atoms with E-state index >= 15 is 0 Å². The summed E-state index contributed by atoms with van der Waals surface area (Å²) in [6.07, 6.45) is 1.29. The quantitative estimate of drug-likeness (QED) is 0.564.